The highest BCUT2D eigenvalue weighted by molar-refractivity contribution is 7.87. The summed E-state index contributed by atoms with van der Waals surface area (Å²) in [6.45, 7) is 2.02. The SMILES string of the molecule is CC1C2CC3CC(C2)CC1(S(=O)(=O)O)C3. The third kappa shape index (κ3) is 1.18. The highest BCUT2D eigenvalue weighted by atomic mass is 32.2. The summed E-state index contributed by atoms with van der Waals surface area (Å²) in [5.41, 5.74) is 0. The largest absolute Gasteiger partial charge is 0.285 e. The zero-order valence-corrected chi connectivity index (χ0v) is 9.83. The van der Waals surface area contributed by atoms with Crippen LogP contribution in [0.3, 0.4) is 0 Å². The average molecular weight is 230 g/mol. The molecule has 3 unspecified atom stereocenters. The summed E-state index contributed by atoms with van der Waals surface area (Å²) >= 11 is 0. The molecule has 4 heteroatoms. The molecule has 1 N–H and O–H groups in total. The van der Waals surface area contributed by atoms with Crippen LogP contribution in [0.2, 0.25) is 0 Å². The van der Waals surface area contributed by atoms with Gasteiger partial charge in [0, 0.05) is 0 Å². The van der Waals surface area contributed by atoms with Crippen LogP contribution in [0.4, 0.5) is 0 Å². The minimum atomic E-state index is -3.87. The van der Waals surface area contributed by atoms with Crippen molar-refractivity contribution in [2.24, 2.45) is 23.7 Å². The Morgan fingerprint density at radius 3 is 2.13 bits per heavy atom. The Bertz CT molecular complexity index is 373. The zero-order chi connectivity index (χ0) is 10.8. The smallest absolute Gasteiger partial charge is 0.270 e. The molecule has 0 aromatic rings. The second kappa shape index (κ2) is 2.77. The zero-order valence-electron chi connectivity index (χ0n) is 9.02. The Hall–Kier alpha value is -0.0900. The summed E-state index contributed by atoms with van der Waals surface area (Å²) in [4.78, 5) is 0. The van der Waals surface area contributed by atoms with E-state index in [9.17, 15) is 13.0 Å². The first kappa shape index (κ1) is 10.1. The maximum atomic E-state index is 11.7. The van der Waals surface area contributed by atoms with Gasteiger partial charge in [-0.1, -0.05) is 6.92 Å². The van der Waals surface area contributed by atoms with Crippen molar-refractivity contribution < 1.29 is 13.0 Å². The van der Waals surface area contributed by atoms with Gasteiger partial charge >= 0.3 is 0 Å². The number of hydrogen-bond donors (Lipinski definition) is 1. The maximum Gasteiger partial charge on any atom is 0.270 e. The second-order valence-electron chi connectivity index (χ2n) is 5.94. The Kier molecular flexibility index (Phi) is 1.87. The molecule has 3 atom stereocenters. The normalized spacial score (nSPS) is 53.5. The van der Waals surface area contributed by atoms with Gasteiger partial charge in [-0.05, 0) is 55.8 Å². The molecule has 4 bridgehead atoms. The molecule has 0 spiro atoms. The first-order chi connectivity index (χ1) is 6.92. The summed E-state index contributed by atoms with van der Waals surface area (Å²) in [6.07, 6.45) is 4.99. The average Bonchev–Trinajstić information content (AvgIpc) is 2.10. The fraction of sp³-hybridized carbons (Fsp3) is 1.00. The fourth-order valence-electron chi connectivity index (χ4n) is 4.67. The van der Waals surface area contributed by atoms with E-state index in [1.807, 2.05) is 6.92 Å². The van der Waals surface area contributed by atoms with E-state index in [0.717, 1.165) is 0 Å². The Balaban J connectivity index is 2.09. The van der Waals surface area contributed by atoms with Crippen molar-refractivity contribution in [3.63, 3.8) is 0 Å². The van der Waals surface area contributed by atoms with Crippen LogP contribution < -0.4 is 0 Å². The van der Waals surface area contributed by atoms with Crippen LogP contribution in [-0.4, -0.2) is 17.7 Å². The first-order valence-electron chi connectivity index (χ1n) is 5.89. The van der Waals surface area contributed by atoms with Gasteiger partial charge in [0.25, 0.3) is 10.1 Å². The van der Waals surface area contributed by atoms with E-state index < -0.39 is 14.9 Å². The van der Waals surface area contributed by atoms with Gasteiger partial charge in [0.1, 0.15) is 4.75 Å². The lowest BCUT2D eigenvalue weighted by molar-refractivity contribution is -0.0159. The van der Waals surface area contributed by atoms with Gasteiger partial charge in [0.05, 0.1) is 0 Å². The molecule has 0 aliphatic heterocycles. The van der Waals surface area contributed by atoms with E-state index in [-0.39, 0.29) is 5.92 Å². The van der Waals surface area contributed by atoms with E-state index in [1.165, 1.54) is 19.3 Å². The highest BCUT2D eigenvalue weighted by Crippen LogP contribution is 2.60. The summed E-state index contributed by atoms with van der Waals surface area (Å²) in [6, 6.07) is 0. The summed E-state index contributed by atoms with van der Waals surface area (Å²) in [5.74, 6) is 1.81. The molecule has 0 saturated heterocycles. The van der Waals surface area contributed by atoms with Gasteiger partial charge < -0.3 is 0 Å². The Morgan fingerprint density at radius 1 is 1.13 bits per heavy atom. The van der Waals surface area contributed by atoms with Crippen LogP contribution in [0.15, 0.2) is 0 Å². The Morgan fingerprint density at radius 2 is 1.67 bits per heavy atom. The lowest BCUT2D eigenvalue weighted by atomic mass is 9.52. The van der Waals surface area contributed by atoms with Gasteiger partial charge in [-0.2, -0.15) is 8.42 Å². The van der Waals surface area contributed by atoms with Gasteiger partial charge in [-0.25, -0.2) is 0 Å². The van der Waals surface area contributed by atoms with Crippen molar-refractivity contribution in [1.82, 2.24) is 0 Å². The maximum absolute atomic E-state index is 11.7. The van der Waals surface area contributed by atoms with Gasteiger partial charge in [0.15, 0.2) is 0 Å². The highest BCUT2D eigenvalue weighted by Gasteiger charge is 2.61. The van der Waals surface area contributed by atoms with Gasteiger partial charge in [-0.3, -0.25) is 4.55 Å². The van der Waals surface area contributed by atoms with Crippen molar-refractivity contribution in [3.8, 4) is 0 Å². The molecule has 0 heterocycles. The van der Waals surface area contributed by atoms with E-state index in [1.54, 1.807) is 0 Å². The monoisotopic (exact) mass is 230 g/mol. The van der Waals surface area contributed by atoms with E-state index in [2.05, 4.69) is 0 Å². The quantitative estimate of drug-likeness (QED) is 0.702. The van der Waals surface area contributed by atoms with Crippen molar-refractivity contribution >= 4 is 10.1 Å². The molecule has 4 saturated carbocycles. The van der Waals surface area contributed by atoms with E-state index in [4.69, 9.17) is 0 Å². The van der Waals surface area contributed by atoms with Gasteiger partial charge in [-0.15, -0.1) is 0 Å². The minimum Gasteiger partial charge on any atom is -0.285 e. The molecule has 86 valence electrons. The molecular weight excluding hydrogens is 212 g/mol. The summed E-state index contributed by atoms with van der Waals surface area (Å²) in [5, 5.41) is 0. The predicted octanol–water partition coefficient (Wildman–Crippen LogP) is 2.09. The molecule has 0 aromatic carbocycles. The second-order valence-corrected chi connectivity index (χ2v) is 7.70. The molecule has 0 amide bonds. The number of rotatable bonds is 1. The van der Waals surface area contributed by atoms with Crippen LogP contribution in [0.25, 0.3) is 0 Å². The number of hydrogen-bond acceptors (Lipinski definition) is 2. The van der Waals surface area contributed by atoms with Crippen LogP contribution in [-0.2, 0) is 10.1 Å². The molecule has 0 aromatic heterocycles. The van der Waals surface area contributed by atoms with Crippen LogP contribution in [0.5, 0.6) is 0 Å². The van der Waals surface area contributed by atoms with E-state index >= 15 is 0 Å². The van der Waals surface area contributed by atoms with Crippen LogP contribution >= 0.6 is 0 Å². The molecule has 4 fully saturated rings. The molecule has 4 aliphatic rings. The summed E-state index contributed by atoms with van der Waals surface area (Å²) < 4.78 is 32.1. The molecule has 3 nitrogen and oxygen atoms in total. The van der Waals surface area contributed by atoms with Crippen molar-refractivity contribution in [1.29, 1.82) is 0 Å². The lowest BCUT2D eigenvalue weighted by Gasteiger charge is -2.58. The van der Waals surface area contributed by atoms with Gasteiger partial charge in [0.2, 0.25) is 0 Å². The minimum absolute atomic E-state index is 0.153. The summed E-state index contributed by atoms with van der Waals surface area (Å²) in [7, 11) is -3.87. The first-order valence-corrected chi connectivity index (χ1v) is 7.33. The van der Waals surface area contributed by atoms with Crippen molar-refractivity contribution in [3.05, 3.63) is 0 Å². The molecule has 0 radical (unpaired) electrons. The van der Waals surface area contributed by atoms with E-state index in [0.29, 0.717) is 30.6 Å². The molecule has 4 aliphatic carbocycles. The predicted molar refractivity (Wildman–Crippen MR) is 57.0 cm³/mol. The lowest BCUT2D eigenvalue weighted by Crippen LogP contribution is -2.59. The van der Waals surface area contributed by atoms with Crippen molar-refractivity contribution in [2.45, 2.75) is 43.8 Å². The molecule has 15 heavy (non-hydrogen) atoms. The Labute approximate surface area is 91.0 Å². The molecule has 4 rings (SSSR count). The van der Waals surface area contributed by atoms with Crippen LogP contribution in [0.1, 0.15) is 39.0 Å². The van der Waals surface area contributed by atoms with Crippen LogP contribution in [0, 0.1) is 23.7 Å². The third-order valence-corrected chi connectivity index (χ3v) is 6.99. The standard InChI is InChI=1S/C11H18O3S/c1-7-10-3-8-2-9(4-10)6-11(7,5-8)15(12,13)14/h7-10H,2-6H2,1H3,(H,12,13,14). The third-order valence-electron chi connectivity index (χ3n) is 5.26. The topological polar surface area (TPSA) is 54.4 Å². The fourth-order valence-corrected chi connectivity index (χ4v) is 6.22. The van der Waals surface area contributed by atoms with Crippen molar-refractivity contribution in [2.75, 3.05) is 0 Å². The molecular formula is C11H18O3S.